The Morgan fingerprint density at radius 3 is 2.62 bits per heavy atom. The van der Waals surface area contributed by atoms with Gasteiger partial charge in [-0.3, -0.25) is 9.59 Å². The van der Waals surface area contributed by atoms with Gasteiger partial charge in [-0.1, -0.05) is 0 Å². The van der Waals surface area contributed by atoms with Crippen LogP contribution in [0.15, 0.2) is 6.20 Å². The first kappa shape index (κ1) is 10.7. The zero-order chi connectivity index (χ0) is 11.7. The van der Waals surface area contributed by atoms with Crippen LogP contribution in [-0.4, -0.2) is 28.8 Å². The molecule has 84 valence electrons. The zero-order valence-electron chi connectivity index (χ0n) is 8.37. The van der Waals surface area contributed by atoms with Crippen LogP contribution in [0.25, 0.3) is 0 Å². The maximum Gasteiger partial charge on any atom is 0.393 e. The Hall–Kier alpha value is -1.83. The molecule has 1 aliphatic heterocycles. The van der Waals surface area contributed by atoms with Gasteiger partial charge < -0.3 is 0 Å². The van der Waals surface area contributed by atoms with Gasteiger partial charge in [-0.2, -0.15) is 0 Å². The normalized spacial score (nSPS) is 15.7. The molecule has 0 aromatic carbocycles. The van der Waals surface area contributed by atoms with Crippen molar-refractivity contribution in [3.05, 3.63) is 11.1 Å². The highest BCUT2D eigenvalue weighted by molar-refractivity contribution is 7.19. The summed E-state index contributed by atoms with van der Waals surface area (Å²) < 4.78 is 0. The lowest BCUT2D eigenvalue weighted by molar-refractivity contribution is -0.734. The smallest absolute Gasteiger partial charge is 0.274 e. The molecule has 1 aliphatic rings. The third-order valence-electron chi connectivity index (χ3n) is 2.07. The van der Waals surface area contributed by atoms with Gasteiger partial charge in [0.1, 0.15) is 6.20 Å². The van der Waals surface area contributed by atoms with Crippen LogP contribution < -0.4 is 4.90 Å². The zero-order valence-corrected chi connectivity index (χ0v) is 9.19. The van der Waals surface area contributed by atoms with Crippen LogP contribution in [0, 0.1) is 4.91 Å². The quantitative estimate of drug-likeness (QED) is 0.577. The first-order valence-corrected chi connectivity index (χ1v) is 5.28. The Labute approximate surface area is 94.2 Å². The molecule has 1 aromatic rings. The molecule has 0 aliphatic carbocycles. The molecule has 0 bridgehead atoms. The second-order valence-electron chi connectivity index (χ2n) is 3.04. The fourth-order valence-electron chi connectivity index (χ4n) is 1.32. The van der Waals surface area contributed by atoms with E-state index < -0.39 is 0 Å². The van der Waals surface area contributed by atoms with E-state index in [4.69, 9.17) is 0 Å². The Morgan fingerprint density at radius 2 is 2.06 bits per heavy atom. The van der Waals surface area contributed by atoms with Crippen LogP contribution in [0.4, 0.5) is 10.1 Å². The predicted molar refractivity (Wildman–Crippen MR) is 54.1 cm³/mol. The van der Waals surface area contributed by atoms with Gasteiger partial charge in [0, 0.05) is 12.8 Å². The maximum atomic E-state index is 11.4. The average molecular weight is 242 g/mol. The summed E-state index contributed by atoms with van der Waals surface area (Å²) in [5.41, 5.74) is 0. The monoisotopic (exact) mass is 242 g/mol. The van der Waals surface area contributed by atoms with Gasteiger partial charge in [-0.15, -0.1) is 0 Å². The van der Waals surface area contributed by atoms with Crippen LogP contribution in [0.5, 0.6) is 0 Å². The third kappa shape index (κ3) is 1.67. The Bertz CT molecular complexity index is 454. The summed E-state index contributed by atoms with van der Waals surface area (Å²) in [5.74, 6) is -0.582. The molecule has 1 fully saturated rings. The fraction of sp³-hybridized carbons (Fsp3) is 0.375. The molecular formula is C8H8N3O4S+. The van der Waals surface area contributed by atoms with Crippen LogP contribution >= 0.6 is 11.3 Å². The molecule has 2 heterocycles. The number of carbonyl (C=O) groups excluding carboxylic acids is 2. The number of anilines is 1. The summed E-state index contributed by atoms with van der Waals surface area (Å²) in [7, 11) is 1.22. The molecule has 2 amide bonds. The van der Waals surface area contributed by atoms with Crippen molar-refractivity contribution >= 4 is 33.3 Å². The van der Waals surface area contributed by atoms with Crippen molar-refractivity contribution < 1.29 is 19.3 Å². The Kier molecular flexibility index (Phi) is 2.65. The number of hydrogen-bond acceptors (Lipinski definition) is 6. The van der Waals surface area contributed by atoms with E-state index in [-0.39, 0.29) is 39.7 Å². The molecule has 0 unspecified atom stereocenters. The number of imide groups is 1. The number of amides is 2. The molecule has 7 nitrogen and oxygen atoms in total. The van der Waals surface area contributed by atoms with E-state index in [1.165, 1.54) is 13.3 Å². The van der Waals surface area contributed by atoms with E-state index >= 15 is 0 Å². The van der Waals surface area contributed by atoms with E-state index in [0.717, 1.165) is 16.2 Å². The van der Waals surface area contributed by atoms with Crippen LogP contribution in [0.3, 0.4) is 0 Å². The van der Waals surface area contributed by atoms with Crippen molar-refractivity contribution in [3.63, 3.8) is 0 Å². The van der Waals surface area contributed by atoms with E-state index in [9.17, 15) is 14.5 Å². The summed E-state index contributed by atoms with van der Waals surface area (Å²) in [6.07, 6.45) is 1.65. The molecule has 1 aromatic heterocycles. The molecule has 16 heavy (non-hydrogen) atoms. The average Bonchev–Trinajstić information content (AvgIpc) is 2.85. The lowest BCUT2D eigenvalue weighted by Crippen LogP contribution is -2.28. The van der Waals surface area contributed by atoms with Gasteiger partial charge in [0.2, 0.25) is 16.9 Å². The van der Waals surface area contributed by atoms with E-state index in [2.05, 4.69) is 9.82 Å². The number of rotatable bonds is 3. The molecule has 0 N–H and O–H groups in total. The minimum absolute atomic E-state index is 0.185. The van der Waals surface area contributed by atoms with Crippen LogP contribution in [0.2, 0.25) is 0 Å². The standard InChI is InChI=1S/C8H8N3O4S/c1-15-11(14)7-4-9-8(16-7)10-5(12)2-3-6(10)13/h4H,2-3H2,1H3/q+1. The van der Waals surface area contributed by atoms with Crippen LogP contribution in [-0.2, 0) is 14.4 Å². The van der Waals surface area contributed by atoms with Gasteiger partial charge in [-0.05, 0) is 11.3 Å². The van der Waals surface area contributed by atoms with E-state index in [0.29, 0.717) is 0 Å². The van der Waals surface area contributed by atoms with Crippen molar-refractivity contribution in [3.8, 4) is 0 Å². The predicted octanol–water partition coefficient (Wildman–Crippen LogP) is 0.768. The number of aromatic nitrogens is 1. The molecule has 0 saturated carbocycles. The third-order valence-corrected chi connectivity index (χ3v) is 3.00. The Balaban J connectivity index is 2.28. The lowest BCUT2D eigenvalue weighted by Gasteiger charge is -2.07. The molecule has 0 radical (unpaired) electrons. The number of carbonyl (C=O) groups is 2. The van der Waals surface area contributed by atoms with E-state index in [1.807, 2.05) is 0 Å². The van der Waals surface area contributed by atoms with Gasteiger partial charge in [-0.25, -0.2) is 14.7 Å². The van der Waals surface area contributed by atoms with Crippen molar-refractivity contribution in [1.82, 2.24) is 4.98 Å². The molecule has 0 spiro atoms. The summed E-state index contributed by atoms with van der Waals surface area (Å²) in [5, 5.41) is 0.394. The highest BCUT2D eigenvalue weighted by atomic mass is 32.1. The summed E-state index contributed by atoms with van der Waals surface area (Å²) in [6, 6.07) is 0. The fourth-order valence-corrected chi connectivity index (χ4v) is 2.17. The van der Waals surface area contributed by atoms with Gasteiger partial charge in [0.05, 0.1) is 4.91 Å². The summed E-state index contributed by atoms with van der Waals surface area (Å²) >= 11 is 0.932. The summed E-state index contributed by atoms with van der Waals surface area (Å²) in [6.45, 7) is 0. The first-order chi connectivity index (χ1) is 7.63. The molecule has 8 heteroatoms. The lowest BCUT2D eigenvalue weighted by atomic mass is 10.4. The minimum atomic E-state index is -0.291. The SMILES string of the molecule is CO[N+](=O)c1cnc(N2C(=O)CCC2=O)s1. The highest BCUT2D eigenvalue weighted by Crippen LogP contribution is 2.31. The number of thiazole rings is 1. The van der Waals surface area contributed by atoms with Crippen molar-refractivity contribution in [1.29, 1.82) is 0 Å². The topological polar surface area (TPSA) is 79.6 Å². The minimum Gasteiger partial charge on any atom is -0.274 e. The highest BCUT2D eigenvalue weighted by Gasteiger charge is 2.34. The summed E-state index contributed by atoms with van der Waals surface area (Å²) in [4.78, 5) is 43.4. The van der Waals surface area contributed by atoms with Gasteiger partial charge >= 0.3 is 5.00 Å². The molecule has 2 rings (SSSR count). The van der Waals surface area contributed by atoms with Crippen LogP contribution in [0.1, 0.15) is 12.8 Å². The van der Waals surface area contributed by atoms with Crippen molar-refractivity contribution in [2.45, 2.75) is 12.8 Å². The van der Waals surface area contributed by atoms with Crippen molar-refractivity contribution in [2.24, 2.45) is 0 Å². The van der Waals surface area contributed by atoms with Crippen molar-refractivity contribution in [2.75, 3.05) is 12.0 Å². The molecule has 1 saturated heterocycles. The van der Waals surface area contributed by atoms with Gasteiger partial charge in [0.25, 0.3) is 4.92 Å². The number of nitrogens with zero attached hydrogens (tertiary/aromatic N) is 3. The largest absolute Gasteiger partial charge is 0.393 e. The van der Waals surface area contributed by atoms with E-state index in [1.54, 1.807) is 0 Å². The molecular weight excluding hydrogens is 234 g/mol. The second-order valence-corrected chi connectivity index (χ2v) is 4.03. The van der Waals surface area contributed by atoms with Gasteiger partial charge in [0.15, 0.2) is 7.11 Å². The first-order valence-electron chi connectivity index (χ1n) is 4.46. The Morgan fingerprint density at radius 1 is 1.44 bits per heavy atom. The number of hydrogen-bond donors (Lipinski definition) is 0. The molecule has 0 atom stereocenters. The maximum absolute atomic E-state index is 11.4. The second kappa shape index (κ2) is 3.97.